The predicted molar refractivity (Wildman–Crippen MR) is 86.3 cm³/mol. The smallest absolute Gasteiger partial charge is 0.0145 e. The first kappa shape index (κ1) is 14.1. The lowest BCUT2D eigenvalue weighted by molar-refractivity contribution is 0.112. The third-order valence-electron chi connectivity index (χ3n) is 6.71. The second-order valence-corrected chi connectivity index (χ2v) is 7.72. The minimum Gasteiger partial charge on any atom is -0.296 e. The molecule has 0 radical (unpaired) electrons. The maximum absolute atomic E-state index is 2.74. The maximum Gasteiger partial charge on any atom is 0.0145 e. The monoisotopic (exact) mass is 271 g/mol. The highest BCUT2D eigenvalue weighted by Gasteiger charge is 2.59. The Hall–Kier alpha value is -0.820. The fourth-order valence-electron chi connectivity index (χ4n) is 5.17. The second-order valence-electron chi connectivity index (χ2n) is 7.72. The van der Waals surface area contributed by atoms with Crippen LogP contribution in [0.25, 0.3) is 0 Å². The van der Waals surface area contributed by atoms with Gasteiger partial charge in [-0.15, -0.1) is 0 Å². The van der Waals surface area contributed by atoms with E-state index in [1.54, 1.807) is 5.56 Å². The Morgan fingerprint density at radius 1 is 1.05 bits per heavy atom. The highest BCUT2D eigenvalue weighted by molar-refractivity contribution is 5.42. The predicted octanol–water partition coefficient (Wildman–Crippen LogP) is 4.44. The van der Waals surface area contributed by atoms with E-state index in [1.165, 1.54) is 23.2 Å². The molecule has 0 N–H and O–H groups in total. The van der Waals surface area contributed by atoms with Gasteiger partial charge in [-0.2, -0.15) is 0 Å². The molecule has 1 heteroatoms. The molecule has 2 fully saturated rings. The number of hydrogen-bond donors (Lipinski definition) is 0. The molecule has 1 aromatic carbocycles. The van der Waals surface area contributed by atoms with Crippen molar-refractivity contribution < 1.29 is 0 Å². The van der Waals surface area contributed by atoms with E-state index in [1.807, 2.05) is 0 Å². The van der Waals surface area contributed by atoms with E-state index in [9.17, 15) is 0 Å². The molecule has 1 nitrogen and oxygen atoms in total. The van der Waals surface area contributed by atoms with Gasteiger partial charge in [0.05, 0.1) is 0 Å². The molecular weight excluding hydrogens is 242 g/mol. The average molecular weight is 271 g/mol. The van der Waals surface area contributed by atoms with Gasteiger partial charge in [0.25, 0.3) is 0 Å². The van der Waals surface area contributed by atoms with Crippen LogP contribution >= 0.6 is 0 Å². The molecule has 2 saturated heterocycles. The van der Waals surface area contributed by atoms with Crippen molar-refractivity contribution in [1.82, 2.24) is 4.90 Å². The highest BCUT2D eigenvalue weighted by atomic mass is 15.3. The second kappa shape index (κ2) is 4.34. The summed E-state index contributed by atoms with van der Waals surface area (Å²) < 4.78 is 0. The van der Waals surface area contributed by atoms with Gasteiger partial charge in [-0.25, -0.2) is 0 Å². The maximum atomic E-state index is 2.74. The van der Waals surface area contributed by atoms with E-state index in [0.29, 0.717) is 17.4 Å². The van der Waals surface area contributed by atoms with Gasteiger partial charge in [-0.3, -0.25) is 4.90 Å². The van der Waals surface area contributed by atoms with E-state index < -0.39 is 0 Å². The van der Waals surface area contributed by atoms with Gasteiger partial charge in [-0.1, -0.05) is 31.5 Å². The van der Waals surface area contributed by atoms with Gasteiger partial charge < -0.3 is 0 Å². The lowest BCUT2D eigenvalue weighted by Crippen LogP contribution is -2.45. The molecule has 3 rings (SSSR count). The Morgan fingerprint density at radius 2 is 1.70 bits per heavy atom. The van der Waals surface area contributed by atoms with Crippen molar-refractivity contribution in [3.63, 3.8) is 0 Å². The molecule has 0 amide bonds. The van der Waals surface area contributed by atoms with Crippen molar-refractivity contribution in [3.05, 3.63) is 34.4 Å². The summed E-state index contributed by atoms with van der Waals surface area (Å²) >= 11 is 0. The van der Waals surface area contributed by atoms with Gasteiger partial charge >= 0.3 is 0 Å². The molecule has 110 valence electrons. The Balaban J connectivity index is 2.12. The van der Waals surface area contributed by atoms with Gasteiger partial charge in [0.2, 0.25) is 0 Å². The largest absolute Gasteiger partial charge is 0.296 e. The first-order valence-corrected chi connectivity index (χ1v) is 8.11. The molecule has 1 aromatic rings. The lowest BCUT2D eigenvalue weighted by atomic mass is 9.63. The molecule has 2 heterocycles. The Kier molecular flexibility index (Phi) is 3.06. The molecule has 2 aliphatic rings. The summed E-state index contributed by atoms with van der Waals surface area (Å²) in [6.45, 7) is 17.9. The lowest BCUT2D eigenvalue weighted by Gasteiger charge is -2.44. The minimum absolute atomic E-state index is 0.434. The van der Waals surface area contributed by atoms with Crippen LogP contribution in [-0.4, -0.2) is 23.5 Å². The molecular formula is C19H29N. The van der Waals surface area contributed by atoms with Gasteiger partial charge in [0.15, 0.2) is 0 Å². The number of fused-ring (bicyclic) bond motifs is 2. The van der Waals surface area contributed by atoms with Crippen LogP contribution in [0.15, 0.2) is 12.1 Å². The summed E-state index contributed by atoms with van der Waals surface area (Å²) in [6.07, 6.45) is 0. The van der Waals surface area contributed by atoms with E-state index in [0.717, 1.165) is 12.0 Å². The van der Waals surface area contributed by atoms with Crippen molar-refractivity contribution in [2.75, 3.05) is 6.54 Å². The summed E-state index contributed by atoms with van der Waals surface area (Å²) in [5, 5.41) is 0. The van der Waals surface area contributed by atoms with Crippen LogP contribution in [0, 0.1) is 32.1 Å². The van der Waals surface area contributed by atoms with Crippen LogP contribution in [0.1, 0.15) is 55.9 Å². The number of rotatable bonds is 1. The number of benzene rings is 1. The summed E-state index contributed by atoms with van der Waals surface area (Å²) in [5.74, 6) is 1.47. The molecule has 0 aromatic heterocycles. The zero-order valence-electron chi connectivity index (χ0n) is 14.1. The third-order valence-corrected chi connectivity index (χ3v) is 6.71. The zero-order valence-corrected chi connectivity index (χ0v) is 14.1. The SMILES string of the molecule is Cc1cc(C)c(C)c(C2[C@@H](C)N3CC2(C)C(C)C3C)c1. The molecule has 2 aliphatic heterocycles. The topological polar surface area (TPSA) is 3.24 Å². The fourth-order valence-corrected chi connectivity index (χ4v) is 5.17. The summed E-state index contributed by atoms with van der Waals surface area (Å²) in [5.41, 5.74) is 6.43. The normalized spacial score (nSPS) is 43.2. The quantitative estimate of drug-likeness (QED) is 0.729. The molecule has 0 spiro atoms. The van der Waals surface area contributed by atoms with Gasteiger partial charge in [-0.05, 0) is 62.6 Å². The summed E-state index contributed by atoms with van der Waals surface area (Å²) in [6, 6.07) is 6.18. The Morgan fingerprint density at radius 3 is 2.30 bits per heavy atom. The minimum atomic E-state index is 0.434. The fraction of sp³-hybridized carbons (Fsp3) is 0.684. The zero-order chi connectivity index (χ0) is 14.8. The van der Waals surface area contributed by atoms with Crippen LogP contribution in [0.3, 0.4) is 0 Å². The Labute approximate surface area is 124 Å². The number of piperidine rings is 1. The van der Waals surface area contributed by atoms with Crippen LogP contribution in [0.4, 0.5) is 0 Å². The molecule has 5 unspecified atom stereocenters. The molecule has 0 aliphatic carbocycles. The van der Waals surface area contributed by atoms with Crippen LogP contribution in [-0.2, 0) is 0 Å². The average Bonchev–Trinajstić information content (AvgIpc) is 2.76. The number of aryl methyl sites for hydroxylation is 2. The van der Waals surface area contributed by atoms with Crippen molar-refractivity contribution in [2.24, 2.45) is 11.3 Å². The molecule has 6 atom stereocenters. The Bertz CT molecular complexity index is 547. The molecule has 0 saturated carbocycles. The first-order valence-electron chi connectivity index (χ1n) is 8.11. The van der Waals surface area contributed by atoms with E-state index in [-0.39, 0.29) is 0 Å². The molecule has 2 bridgehead atoms. The molecule has 20 heavy (non-hydrogen) atoms. The van der Waals surface area contributed by atoms with E-state index >= 15 is 0 Å². The highest BCUT2D eigenvalue weighted by Crippen LogP contribution is 2.59. The van der Waals surface area contributed by atoms with Gasteiger partial charge in [0.1, 0.15) is 0 Å². The van der Waals surface area contributed by atoms with Crippen LogP contribution < -0.4 is 0 Å². The first-order chi connectivity index (χ1) is 9.27. The van der Waals surface area contributed by atoms with Crippen molar-refractivity contribution in [3.8, 4) is 0 Å². The van der Waals surface area contributed by atoms with Crippen molar-refractivity contribution in [2.45, 2.75) is 66.5 Å². The third kappa shape index (κ3) is 1.65. The van der Waals surface area contributed by atoms with E-state index in [2.05, 4.69) is 65.5 Å². The van der Waals surface area contributed by atoms with Crippen LogP contribution in [0.2, 0.25) is 0 Å². The van der Waals surface area contributed by atoms with Gasteiger partial charge in [0, 0.05) is 24.5 Å². The summed E-state index contributed by atoms with van der Waals surface area (Å²) in [4.78, 5) is 2.74. The van der Waals surface area contributed by atoms with E-state index in [4.69, 9.17) is 0 Å². The standard InChI is InChI=1S/C19H29N/c1-11-8-12(2)13(3)17(9-11)18-16(6)20-10-19(18,7)14(4)15(20)5/h8-9,14-16,18H,10H2,1-7H3/t14?,15?,16-,18?,19?/m1/s1. The number of nitrogens with zero attached hydrogens (tertiary/aromatic N) is 1. The van der Waals surface area contributed by atoms with Crippen molar-refractivity contribution in [1.29, 1.82) is 0 Å². The van der Waals surface area contributed by atoms with Crippen molar-refractivity contribution >= 4 is 0 Å². The summed E-state index contributed by atoms with van der Waals surface area (Å²) in [7, 11) is 0. The number of hydrogen-bond acceptors (Lipinski definition) is 1. The van der Waals surface area contributed by atoms with Crippen LogP contribution in [0.5, 0.6) is 0 Å².